The summed E-state index contributed by atoms with van der Waals surface area (Å²) in [5, 5.41) is 0. The fourth-order valence-electron chi connectivity index (χ4n) is 1.91. The van der Waals surface area contributed by atoms with Gasteiger partial charge < -0.3 is 20.3 Å². The van der Waals surface area contributed by atoms with Gasteiger partial charge in [-0.05, 0) is 39.4 Å². The van der Waals surface area contributed by atoms with Crippen molar-refractivity contribution in [3.8, 4) is 0 Å². The van der Waals surface area contributed by atoms with Gasteiger partial charge in [-0.25, -0.2) is 4.79 Å². The number of nitrogens with zero attached hydrogens (tertiary/aromatic N) is 2. The lowest BCUT2D eigenvalue weighted by atomic mass is 10.3. The van der Waals surface area contributed by atoms with E-state index in [1.54, 1.807) is 4.90 Å². The van der Waals surface area contributed by atoms with Crippen molar-refractivity contribution in [2.45, 2.75) is 19.8 Å². The van der Waals surface area contributed by atoms with Crippen LogP contribution in [-0.4, -0.2) is 61.8 Å². The Balaban J connectivity index is 2.31. The molecular weight excluding hydrogens is 206 g/mol. The van der Waals surface area contributed by atoms with Crippen molar-refractivity contribution in [3.63, 3.8) is 0 Å². The monoisotopic (exact) mass is 229 g/mol. The van der Waals surface area contributed by atoms with Gasteiger partial charge in [0.05, 0.1) is 6.61 Å². The molecule has 1 saturated heterocycles. The van der Waals surface area contributed by atoms with Gasteiger partial charge in [-0.15, -0.1) is 0 Å². The highest BCUT2D eigenvalue weighted by molar-refractivity contribution is 5.67. The lowest BCUT2D eigenvalue weighted by Gasteiger charge is -2.21. The molecule has 5 nitrogen and oxygen atoms in total. The minimum atomic E-state index is -0.178. The Kier molecular flexibility index (Phi) is 6.18. The lowest BCUT2D eigenvalue weighted by molar-refractivity contribution is 0.108. The van der Waals surface area contributed by atoms with E-state index < -0.39 is 0 Å². The molecule has 1 aliphatic heterocycles. The summed E-state index contributed by atoms with van der Waals surface area (Å²) in [5.41, 5.74) is 5.49. The van der Waals surface area contributed by atoms with Crippen molar-refractivity contribution < 1.29 is 9.53 Å². The highest BCUT2D eigenvalue weighted by atomic mass is 16.6. The van der Waals surface area contributed by atoms with Gasteiger partial charge in [0.25, 0.3) is 0 Å². The third-order valence-corrected chi connectivity index (χ3v) is 2.79. The zero-order valence-electron chi connectivity index (χ0n) is 10.2. The molecule has 0 spiro atoms. The lowest BCUT2D eigenvalue weighted by Crippen LogP contribution is -2.36. The fourth-order valence-corrected chi connectivity index (χ4v) is 1.91. The van der Waals surface area contributed by atoms with Crippen LogP contribution in [0.3, 0.4) is 0 Å². The summed E-state index contributed by atoms with van der Waals surface area (Å²) in [6, 6.07) is 0. The van der Waals surface area contributed by atoms with Crippen molar-refractivity contribution in [1.82, 2.24) is 9.80 Å². The second-order valence-corrected chi connectivity index (χ2v) is 4.02. The van der Waals surface area contributed by atoms with Gasteiger partial charge in [-0.3, -0.25) is 0 Å². The number of carbonyl (C=O) groups excluding carboxylic acids is 1. The van der Waals surface area contributed by atoms with Gasteiger partial charge in [-0.2, -0.15) is 0 Å². The van der Waals surface area contributed by atoms with Gasteiger partial charge in [-0.1, -0.05) is 0 Å². The molecule has 0 aliphatic carbocycles. The Morgan fingerprint density at radius 1 is 1.31 bits per heavy atom. The molecule has 1 fully saturated rings. The van der Waals surface area contributed by atoms with E-state index in [-0.39, 0.29) is 6.09 Å². The minimum Gasteiger partial charge on any atom is -0.450 e. The highest BCUT2D eigenvalue weighted by Crippen LogP contribution is 2.05. The summed E-state index contributed by atoms with van der Waals surface area (Å²) in [6.07, 6.45) is 1.87. The summed E-state index contributed by atoms with van der Waals surface area (Å²) in [5.74, 6) is 0. The maximum absolute atomic E-state index is 11.5. The maximum Gasteiger partial charge on any atom is 0.409 e. The van der Waals surface area contributed by atoms with Crippen LogP contribution >= 0.6 is 0 Å². The quantitative estimate of drug-likeness (QED) is 0.762. The number of carbonyl (C=O) groups is 1. The van der Waals surface area contributed by atoms with E-state index >= 15 is 0 Å². The SMILES string of the molecule is CCOC(=O)N1CCCN(CCCN)CC1. The molecule has 0 unspecified atom stereocenters. The molecule has 5 heteroatoms. The molecule has 2 N–H and O–H groups in total. The Morgan fingerprint density at radius 3 is 2.81 bits per heavy atom. The van der Waals surface area contributed by atoms with E-state index in [0.717, 1.165) is 52.1 Å². The van der Waals surface area contributed by atoms with Crippen LogP contribution in [0.5, 0.6) is 0 Å². The molecule has 1 heterocycles. The Hall–Kier alpha value is -0.810. The first-order valence-corrected chi connectivity index (χ1v) is 6.12. The first kappa shape index (κ1) is 13.3. The van der Waals surface area contributed by atoms with E-state index in [4.69, 9.17) is 10.5 Å². The highest BCUT2D eigenvalue weighted by Gasteiger charge is 2.19. The molecule has 0 bridgehead atoms. The molecular formula is C11H23N3O2. The topological polar surface area (TPSA) is 58.8 Å². The van der Waals surface area contributed by atoms with Crippen LogP contribution in [-0.2, 0) is 4.74 Å². The number of rotatable bonds is 4. The van der Waals surface area contributed by atoms with Crippen LogP contribution in [0.25, 0.3) is 0 Å². The van der Waals surface area contributed by atoms with Gasteiger partial charge in [0.15, 0.2) is 0 Å². The molecule has 0 saturated carbocycles. The first-order valence-electron chi connectivity index (χ1n) is 6.12. The second-order valence-electron chi connectivity index (χ2n) is 4.02. The molecule has 0 atom stereocenters. The largest absolute Gasteiger partial charge is 0.450 e. The van der Waals surface area contributed by atoms with Crippen LogP contribution in [0.1, 0.15) is 19.8 Å². The molecule has 0 aromatic rings. The molecule has 16 heavy (non-hydrogen) atoms. The third kappa shape index (κ3) is 4.37. The summed E-state index contributed by atoms with van der Waals surface area (Å²) in [6.45, 7) is 7.61. The zero-order chi connectivity index (χ0) is 11.8. The maximum atomic E-state index is 11.5. The van der Waals surface area contributed by atoms with Crippen molar-refractivity contribution >= 4 is 6.09 Å². The average Bonchev–Trinajstić information content (AvgIpc) is 2.52. The molecule has 94 valence electrons. The standard InChI is InChI=1S/C11H23N3O2/c1-2-16-11(15)14-8-4-7-13(9-10-14)6-3-5-12/h2-10,12H2,1H3. The summed E-state index contributed by atoms with van der Waals surface area (Å²) < 4.78 is 5.00. The summed E-state index contributed by atoms with van der Waals surface area (Å²) >= 11 is 0. The summed E-state index contributed by atoms with van der Waals surface area (Å²) in [7, 11) is 0. The van der Waals surface area contributed by atoms with Crippen LogP contribution in [0.4, 0.5) is 4.79 Å². The molecule has 0 aromatic heterocycles. The molecule has 1 rings (SSSR count). The number of ether oxygens (including phenoxy) is 1. The van der Waals surface area contributed by atoms with E-state index in [1.165, 1.54) is 0 Å². The molecule has 0 radical (unpaired) electrons. The van der Waals surface area contributed by atoms with Crippen molar-refractivity contribution in [2.75, 3.05) is 45.9 Å². The summed E-state index contributed by atoms with van der Waals surface area (Å²) in [4.78, 5) is 15.7. The van der Waals surface area contributed by atoms with Gasteiger partial charge >= 0.3 is 6.09 Å². The van der Waals surface area contributed by atoms with Gasteiger partial charge in [0.2, 0.25) is 0 Å². The molecule has 1 aliphatic rings. The van der Waals surface area contributed by atoms with Crippen molar-refractivity contribution in [1.29, 1.82) is 0 Å². The fraction of sp³-hybridized carbons (Fsp3) is 0.909. The first-order chi connectivity index (χ1) is 7.77. The Morgan fingerprint density at radius 2 is 2.12 bits per heavy atom. The molecule has 1 amide bonds. The Labute approximate surface area is 97.5 Å². The van der Waals surface area contributed by atoms with E-state index in [2.05, 4.69) is 4.90 Å². The van der Waals surface area contributed by atoms with E-state index in [9.17, 15) is 4.79 Å². The predicted octanol–water partition coefficient (Wildman–Crippen LogP) is 0.499. The van der Waals surface area contributed by atoms with E-state index in [1.807, 2.05) is 6.92 Å². The number of hydrogen-bond donors (Lipinski definition) is 1. The smallest absolute Gasteiger partial charge is 0.409 e. The Bertz CT molecular complexity index is 211. The van der Waals surface area contributed by atoms with Crippen LogP contribution in [0.2, 0.25) is 0 Å². The van der Waals surface area contributed by atoms with Crippen molar-refractivity contribution in [2.24, 2.45) is 5.73 Å². The predicted molar refractivity (Wildman–Crippen MR) is 63.3 cm³/mol. The normalized spacial score (nSPS) is 18.2. The van der Waals surface area contributed by atoms with Crippen LogP contribution in [0, 0.1) is 0 Å². The molecule has 0 aromatic carbocycles. The average molecular weight is 229 g/mol. The third-order valence-electron chi connectivity index (χ3n) is 2.79. The van der Waals surface area contributed by atoms with E-state index in [0.29, 0.717) is 6.61 Å². The number of amides is 1. The van der Waals surface area contributed by atoms with Gasteiger partial charge in [0, 0.05) is 19.6 Å². The van der Waals surface area contributed by atoms with Crippen molar-refractivity contribution in [3.05, 3.63) is 0 Å². The van der Waals surface area contributed by atoms with Gasteiger partial charge in [0.1, 0.15) is 0 Å². The number of nitrogens with two attached hydrogens (primary N) is 1. The zero-order valence-corrected chi connectivity index (χ0v) is 10.2. The minimum absolute atomic E-state index is 0.178. The van der Waals surface area contributed by atoms with Crippen LogP contribution < -0.4 is 5.73 Å². The number of hydrogen-bond acceptors (Lipinski definition) is 4. The second kappa shape index (κ2) is 7.46. The van der Waals surface area contributed by atoms with Crippen LogP contribution in [0.15, 0.2) is 0 Å².